The van der Waals surface area contributed by atoms with Crippen molar-refractivity contribution in [3.8, 4) is 0 Å². The lowest BCUT2D eigenvalue weighted by molar-refractivity contribution is -0.137. The van der Waals surface area contributed by atoms with Crippen LogP contribution in [0.3, 0.4) is 0 Å². The van der Waals surface area contributed by atoms with Crippen LogP contribution in [0.15, 0.2) is 54.6 Å². The maximum Gasteiger partial charge on any atom is 0.416 e. The standard InChI is InChI=1S/C21H18F3N5O/c1-13-12-18-27-19(16-4-2-3-5-17(16)29(18)28-13)25-10-11-26-20(30)14-6-8-15(9-7-14)21(22,23)24/h2-9,12H,10-11H2,1H3,(H,25,27)(H,26,30). The van der Waals surface area contributed by atoms with E-state index in [9.17, 15) is 18.0 Å². The van der Waals surface area contributed by atoms with Crippen molar-refractivity contribution < 1.29 is 18.0 Å². The number of nitrogens with zero attached hydrogens (tertiary/aromatic N) is 3. The van der Waals surface area contributed by atoms with Gasteiger partial charge in [0.25, 0.3) is 5.91 Å². The number of carbonyl (C=O) groups excluding carboxylic acids is 1. The van der Waals surface area contributed by atoms with Gasteiger partial charge in [0.05, 0.1) is 16.8 Å². The van der Waals surface area contributed by atoms with Gasteiger partial charge in [0.15, 0.2) is 5.65 Å². The number of nitrogens with one attached hydrogen (secondary N) is 2. The van der Waals surface area contributed by atoms with E-state index >= 15 is 0 Å². The van der Waals surface area contributed by atoms with Crippen molar-refractivity contribution in [2.75, 3.05) is 18.4 Å². The lowest BCUT2D eigenvalue weighted by Crippen LogP contribution is -2.29. The first-order valence-electron chi connectivity index (χ1n) is 9.27. The third-order valence-electron chi connectivity index (χ3n) is 4.60. The summed E-state index contributed by atoms with van der Waals surface area (Å²) < 4.78 is 39.6. The van der Waals surface area contributed by atoms with Gasteiger partial charge in [-0.3, -0.25) is 4.79 Å². The van der Waals surface area contributed by atoms with E-state index < -0.39 is 17.6 Å². The molecule has 2 N–H and O–H groups in total. The maximum atomic E-state index is 12.6. The van der Waals surface area contributed by atoms with Gasteiger partial charge in [0.1, 0.15) is 5.82 Å². The Bertz CT molecular complexity index is 1220. The molecule has 6 nitrogen and oxygen atoms in total. The number of rotatable bonds is 5. The first-order chi connectivity index (χ1) is 14.3. The highest BCUT2D eigenvalue weighted by Gasteiger charge is 2.30. The highest BCUT2D eigenvalue weighted by molar-refractivity contribution is 5.94. The Labute approximate surface area is 169 Å². The molecule has 0 bridgehead atoms. The number of benzene rings is 2. The van der Waals surface area contributed by atoms with Gasteiger partial charge in [-0.1, -0.05) is 12.1 Å². The number of aryl methyl sites for hydroxylation is 1. The maximum absolute atomic E-state index is 12.6. The molecule has 2 aromatic heterocycles. The second-order valence-corrected chi connectivity index (χ2v) is 6.79. The summed E-state index contributed by atoms with van der Waals surface area (Å²) >= 11 is 0. The average Bonchev–Trinajstić information content (AvgIpc) is 3.10. The Balaban J connectivity index is 1.42. The second-order valence-electron chi connectivity index (χ2n) is 6.79. The van der Waals surface area contributed by atoms with Crippen LogP contribution >= 0.6 is 0 Å². The fourth-order valence-electron chi connectivity index (χ4n) is 3.18. The van der Waals surface area contributed by atoms with Crippen LogP contribution in [0.25, 0.3) is 16.6 Å². The number of para-hydroxylation sites is 1. The van der Waals surface area contributed by atoms with Gasteiger partial charge in [-0.05, 0) is 43.3 Å². The molecule has 0 spiro atoms. The molecule has 0 atom stereocenters. The summed E-state index contributed by atoms with van der Waals surface area (Å²) in [5, 5.41) is 11.2. The monoisotopic (exact) mass is 413 g/mol. The molecule has 0 radical (unpaired) electrons. The van der Waals surface area contributed by atoms with Gasteiger partial charge in [-0.2, -0.15) is 18.3 Å². The molecule has 4 aromatic rings. The van der Waals surface area contributed by atoms with Gasteiger partial charge >= 0.3 is 6.18 Å². The highest BCUT2D eigenvalue weighted by atomic mass is 19.4. The summed E-state index contributed by atoms with van der Waals surface area (Å²) in [6.45, 7) is 2.57. The SMILES string of the molecule is Cc1cc2nc(NCCNC(=O)c3ccc(C(F)(F)F)cc3)c3ccccc3n2n1. The predicted octanol–water partition coefficient (Wildman–Crippen LogP) is 4.05. The smallest absolute Gasteiger partial charge is 0.368 e. The third kappa shape index (κ3) is 3.91. The predicted molar refractivity (Wildman–Crippen MR) is 107 cm³/mol. The molecule has 1 amide bonds. The van der Waals surface area contributed by atoms with Gasteiger partial charge in [0.2, 0.25) is 0 Å². The Kier molecular flexibility index (Phi) is 5.03. The Morgan fingerprint density at radius 1 is 1.07 bits per heavy atom. The minimum Gasteiger partial charge on any atom is -0.368 e. The number of fused-ring (bicyclic) bond motifs is 3. The van der Waals surface area contributed by atoms with Crippen LogP contribution in [0.4, 0.5) is 19.0 Å². The molecule has 9 heteroatoms. The van der Waals surface area contributed by atoms with Crippen LogP contribution in [0.1, 0.15) is 21.6 Å². The van der Waals surface area contributed by atoms with Crippen molar-refractivity contribution in [1.82, 2.24) is 19.9 Å². The molecule has 30 heavy (non-hydrogen) atoms. The molecule has 0 aliphatic rings. The number of hydrogen-bond donors (Lipinski definition) is 2. The lowest BCUT2D eigenvalue weighted by Gasteiger charge is -2.11. The molecular weight excluding hydrogens is 395 g/mol. The molecule has 0 aliphatic heterocycles. The van der Waals surface area contributed by atoms with E-state index in [1.165, 1.54) is 0 Å². The number of aromatic nitrogens is 3. The summed E-state index contributed by atoms with van der Waals surface area (Å²) in [6.07, 6.45) is -4.43. The largest absolute Gasteiger partial charge is 0.416 e. The van der Waals surface area contributed by atoms with Crippen molar-refractivity contribution in [2.24, 2.45) is 0 Å². The molecule has 154 valence electrons. The minimum atomic E-state index is -4.43. The Hall–Kier alpha value is -3.62. The van der Waals surface area contributed by atoms with Gasteiger partial charge in [-0.25, -0.2) is 9.50 Å². The summed E-state index contributed by atoms with van der Waals surface area (Å²) in [4.78, 5) is 16.8. The van der Waals surface area contributed by atoms with Crippen LogP contribution in [0.2, 0.25) is 0 Å². The fraction of sp³-hybridized carbons (Fsp3) is 0.190. The molecule has 2 aromatic carbocycles. The number of amides is 1. The number of alkyl halides is 3. The van der Waals surface area contributed by atoms with Crippen molar-refractivity contribution in [2.45, 2.75) is 13.1 Å². The molecule has 4 rings (SSSR count). The van der Waals surface area contributed by atoms with E-state index in [0.29, 0.717) is 18.0 Å². The van der Waals surface area contributed by atoms with Crippen LogP contribution in [-0.4, -0.2) is 33.6 Å². The number of anilines is 1. The molecule has 0 saturated carbocycles. The van der Waals surface area contributed by atoms with E-state index in [1.807, 2.05) is 37.3 Å². The Morgan fingerprint density at radius 3 is 2.53 bits per heavy atom. The number of halogens is 3. The van der Waals surface area contributed by atoms with E-state index in [0.717, 1.165) is 40.9 Å². The highest BCUT2D eigenvalue weighted by Crippen LogP contribution is 2.29. The minimum absolute atomic E-state index is 0.169. The average molecular weight is 413 g/mol. The lowest BCUT2D eigenvalue weighted by atomic mass is 10.1. The summed E-state index contributed by atoms with van der Waals surface area (Å²) in [5.41, 5.74) is 1.86. The quantitative estimate of drug-likeness (QED) is 0.484. The van der Waals surface area contributed by atoms with Gasteiger partial charge < -0.3 is 10.6 Å². The normalized spacial score (nSPS) is 11.7. The first-order valence-corrected chi connectivity index (χ1v) is 9.27. The van der Waals surface area contributed by atoms with E-state index in [1.54, 1.807) is 4.52 Å². The first kappa shape index (κ1) is 19.7. The summed E-state index contributed by atoms with van der Waals surface area (Å²) in [7, 11) is 0. The third-order valence-corrected chi connectivity index (χ3v) is 4.60. The number of carbonyl (C=O) groups is 1. The fourth-order valence-corrected chi connectivity index (χ4v) is 3.18. The summed E-state index contributed by atoms with van der Waals surface area (Å²) in [6, 6.07) is 13.7. The molecular formula is C21H18F3N5O. The molecule has 0 saturated heterocycles. The van der Waals surface area contributed by atoms with Crippen molar-refractivity contribution in [3.63, 3.8) is 0 Å². The van der Waals surface area contributed by atoms with E-state index in [2.05, 4.69) is 20.7 Å². The molecule has 0 fully saturated rings. The summed E-state index contributed by atoms with van der Waals surface area (Å²) in [5.74, 6) is 0.229. The van der Waals surface area contributed by atoms with Crippen LogP contribution in [0.5, 0.6) is 0 Å². The van der Waals surface area contributed by atoms with Crippen LogP contribution < -0.4 is 10.6 Å². The zero-order valence-electron chi connectivity index (χ0n) is 16.0. The molecule has 0 unspecified atom stereocenters. The van der Waals surface area contributed by atoms with E-state index in [-0.39, 0.29) is 12.1 Å². The zero-order chi connectivity index (χ0) is 21.3. The van der Waals surface area contributed by atoms with Gasteiger partial charge in [0, 0.05) is 30.1 Å². The van der Waals surface area contributed by atoms with Gasteiger partial charge in [-0.15, -0.1) is 0 Å². The number of hydrogen-bond acceptors (Lipinski definition) is 4. The Morgan fingerprint density at radius 2 is 1.80 bits per heavy atom. The zero-order valence-corrected chi connectivity index (χ0v) is 16.0. The second kappa shape index (κ2) is 7.66. The van der Waals surface area contributed by atoms with Crippen LogP contribution in [0, 0.1) is 6.92 Å². The van der Waals surface area contributed by atoms with Crippen molar-refractivity contribution >= 4 is 28.3 Å². The van der Waals surface area contributed by atoms with Crippen molar-refractivity contribution in [3.05, 3.63) is 71.4 Å². The molecule has 2 heterocycles. The topological polar surface area (TPSA) is 71.3 Å². The van der Waals surface area contributed by atoms with E-state index in [4.69, 9.17) is 0 Å². The molecule has 0 aliphatic carbocycles. The van der Waals surface area contributed by atoms with Crippen LogP contribution in [-0.2, 0) is 6.18 Å². The van der Waals surface area contributed by atoms with Crippen molar-refractivity contribution in [1.29, 1.82) is 0 Å².